The highest BCUT2D eigenvalue weighted by Gasteiger charge is 2.18. The minimum absolute atomic E-state index is 0.0508. The van der Waals surface area contributed by atoms with E-state index in [1.54, 1.807) is 0 Å². The van der Waals surface area contributed by atoms with Crippen molar-refractivity contribution < 1.29 is 0 Å². The van der Waals surface area contributed by atoms with E-state index in [9.17, 15) is 0 Å². The van der Waals surface area contributed by atoms with E-state index in [1.807, 2.05) is 0 Å². The van der Waals surface area contributed by atoms with Gasteiger partial charge >= 0.3 is 0 Å². The van der Waals surface area contributed by atoms with E-state index >= 15 is 0 Å². The molecule has 1 aromatic rings. The lowest BCUT2D eigenvalue weighted by Crippen LogP contribution is -2.38. The molecule has 1 nitrogen and oxygen atoms in total. The number of hydrogen-bond acceptors (Lipinski definition) is 1. The molecule has 0 aromatic heterocycles. The quantitative estimate of drug-likeness (QED) is 0.583. The first-order valence-corrected chi connectivity index (χ1v) is 7.97. The molecule has 108 valence electrons. The van der Waals surface area contributed by atoms with Gasteiger partial charge in [0, 0.05) is 5.54 Å². The van der Waals surface area contributed by atoms with E-state index in [4.69, 9.17) is 5.73 Å². The van der Waals surface area contributed by atoms with Crippen molar-refractivity contribution in [2.45, 2.75) is 77.2 Å². The highest BCUT2D eigenvalue weighted by Crippen LogP contribution is 2.18. The highest BCUT2D eigenvalue weighted by atomic mass is 14.7. The maximum atomic E-state index is 6.41. The molecule has 0 fully saturated rings. The third kappa shape index (κ3) is 8.05. The lowest BCUT2D eigenvalue weighted by atomic mass is 9.88. The average molecular weight is 261 g/mol. The Morgan fingerprint density at radius 2 is 1.47 bits per heavy atom. The van der Waals surface area contributed by atoms with Crippen LogP contribution in [0.3, 0.4) is 0 Å². The summed E-state index contributed by atoms with van der Waals surface area (Å²) >= 11 is 0. The first-order chi connectivity index (χ1) is 9.14. The number of benzene rings is 1. The smallest absolute Gasteiger partial charge is 0.0166 e. The zero-order chi connectivity index (χ0) is 14.0. The second-order valence-electron chi connectivity index (χ2n) is 6.19. The molecule has 1 atom stereocenters. The molecule has 0 spiro atoms. The van der Waals surface area contributed by atoms with Gasteiger partial charge in [0.25, 0.3) is 0 Å². The van der Waals surface area contributed by atoms with Crippen LogP contribution in [0, 0.1) is 0 Å². The van der Waals surface area contributed by atoms with E-state index in [-0.39, 0.29) is 5.54 Å². The van der Waals surface area contributed by atoms with Crippen LogP contribution in [0.4, 0.5) is 0 Å². The molecule has 1 aromatic carbocycles. The fourth-order valence-electron chi connectivity index (χ4n) is 2.64. The van der Waals surface area contributed by atoms with E-state index < -0.39 is 0 Å². The summed E-state index contributed by atoms with van der Waals surface area (Å²) in [4.78, 5) is 0. The summed E-state index contributed by atoms with van der Waals surface area (Å²) < 4.78 is 0. The summed E-state index contributed by atoms with van der Waals surface area (Å²) in [5.74, 6) is 0. The van der Waals surface area contributed by atoms with E-state index in [1.165, 1.54) is 50.5 Å². The predicted molar refractivity (Wildman–Crippen MR) is 85.3 cm³/mol. The largest absolute Gasteiger partial charge is 0.325 e. The third-order valence-corrected chi connectivity index (χ3v) is 3.80. The van der Waals surface area contributed by atoms with E-state index in [0.717, 1.165) is 12.8 Å². The van der Waals surface area contributed by atoms with Gasteiger partial charge in [0.1, 0.15) is 0 Å². The molecule has 0 radical (unpaired) electrons. The van der Waals surface area contributed by atoms with Gasteiger partial charge < -0.3 is 5.73 Å². The zero-order valence-electron chi connectivity index (χ0n) is 12.8. The maximum Gasteiger partial charge on any atom is 0.0166 e. The molecule has 0 aliphatic rings. The topological polar surface area (TPSA) is 26.0 Å². The van der Waals surface area contributed by atoms with Gasteiger partial charge in [-0.15, -0.1) is 0 Å². The summed E-state index contributed by atoms with van der Waals surface area (Å²) in [6.07, 6.45) is 11.6. The van der Waals surface area contributed by atoms with Crippen LogP contribution in [0.15, 0.2) is 30.3 Å². The van der Waals surface area contributed by atoms with Gasteiger partial charge in [-0.3, -0.25) is 0 Å². The Morgan fingerprint density at radius 3 is 2.11 bits per heavy atom. The van der Waals surface area contributed by atoms with Crippen molar-refractivity contribution in [3.05, 3.63) is 35.9 Å². The predicted octanol–water partition coefficient (Wildman–Crippen LogP) is 5.09. The fraction of sp³-hybridized carbons (Fsp3) is 0.667. The Labute approximate surface area is 119 Å². The lowest BCUT2D eigenvalue weighted by molar-refractivity contribution is 0.404. The highest BCUT2D eigenvalue weighted by molar-refractivity contribution is 5.17. The lowest BCUT2D eigenvalue weighted by Gasteiger charge is -2.24. The molecular weight excluding hydrogens is 230 g/mol. The Morgan fingerprint density at radius 1 is 0.895 bits per heavy atom. The summed E-state index contributed by atoms with van der Waals surface area (Å²) in [6.45, 7) is 4.46. The first kappa shape index (κ1) is 16.2. The minimum Gasteiger partial charge on any atom is -0.325 e. The van der Waals surface area contributed by atoms with Gasteiger partial charge in [0.15, 0.2) is 0 Å². The van der Waals surface area contributed by atoms with Crippen LogP contribution in [0.2, 0.25) is 0 Å². The van der Waals surface area contributed by atoms with Gasteiger partial charge in [0.05, 0.1) is 0 Å². The van der Waals surface area contributed by atoms with Crippen molar-refractivity contribution in [2.24, 2.45) is 5.73 Å². The van der Waals surface area contributed by atoms with Crippen LogP contribution in [-0.4, -0.2) is 5.54 Å². The second-order valence-corrected chi connectivity index (χ2v) is 6.19. The molecule has 1 heteroatoms. The Balaban J connectivity index is 2.13. The summed E-state index contributed by atoms with van der Waals surface area (Å²) in [5.41, 5.74) is 7.72. The fourth-order valence-corrected chi connectivity index (χ4v) is 2.64. The molecule has 0 amide bonds. The molecule has 2 N–H and O–H groups in total. The molecule has 0 saturated heterocycles. The van der Waals surface area contributed by atoms with Crippen molar-refractivity contribution in [3.8, 4) is 0 Å². The van der Waals surface area contributed by atoms with Crippen LogP contribution in [0.5, 0.6) is 0 Å². The zero-order valence-corrected chi connectivity index (χ0v) is 12.8. The molecular formula is C18H31N. The van der Waals surface area contributed by atoms with Crippen molar-refractivity contribution in [2.75, 3.05) is 0 Å². The average Bonchev–Trinajstić information content (AvgIpc) is 2.38. The van der Waals surface area contributed by atoms with Crippen LogP contribution in [0.25, 0.3) is 0 Å². The third-order valence-electron chi connectivity index (χ3n) is 3.80. The summed E-state index contributed by atoms with van der Waals surface area (Å²) in [7, 11) is 0. The van der Waals surface area contributed by atoms with Gasteiger partial charge in [-0.05, 0) is 25.3 Å². The maximum absolute atomic E-state index is 6.41. The summed E-state index contributed by atoms with van der Waals surface area (Å²) in [6, 6.07) is 10.6. The number of nitrogens with two attached hydrogens (primary N) is 1. The molecule has 1 unspecified atom stereocenters. The molecule has 0 heterocycles. The van der Waals surface area contributed by atoms with Crippen LogP contribution in [-0.2, 0) is 6.42 Å². The van der Waals surface area contributed by atoms with E-state index in [0.29, 0.717) is 0 Å². The standard InChI is InChI=1S/C18H31N/c1-3-4-5-6-7-8-12-15-18(2,19)16-17-13-10-9-11-14-17/h9-11,13-14H,3-8,12,15-16,19H2,1-2H3. The second kappa shape index (κ2) is 9.14. The van der Waals surface area contributed by atoms with Crippen LogP contribution < -0.4 is 5.73 Å². The molecule has 0 aliphatic heterocycles. The number of rotatable bonds is 10. The van der Waals surface area contributed by atoms with Crippen molar-refractivity contribution >= 4 is 0 Å². The Bertz CT molecular complexity index is 316. The Kier molecular flexibility index (Phi) is 7.81. The number of hydrogen-bond donors (Lipinski definition) is 1. The molecule has 0 bridgehead atoms. The molecule has 1 rings (SSSR count). The molecule has 0 saturated carbocycles. The van der Waals surface area contributed by atoms with Crippen LogP contribution in [0.1, 0.15) is 70.8 Å². The van der Waals surface area contributed by atoms with E-state index in [2.05, 4.69) is 44.2 Å². The monoisotopic (exact) mass is 261 g/mol. The van der Waals surface area contributed by atoms with Gasteiger partial charge in [-0.25, -0.2) is 0 Å². The first-order valence-electron chi connectivity index (χ1n) is 7.97. The normalized spacial score (nSPS) is 14.3. The Hall–Kier alpha value is -0.820. The SMILES string of the molecule is CCCCCCCCCC(C)(N)Cc1ccccc1. The number of unbranched alkanes of at least 4 members (excludes halogenated alkanes) is 6. The molecule has 0 aliphatic carbocycles. The van der Waals surface area contributed by atoms with Crippen LogP contribution >= 0.6 is 0 Å². The van der Waals surface area contributed by atoms with Gasteiger partial charge in [-0.1, -0.05) is 82.2 Å². The molecule has 19 heavy (non-hydrogen) atoms. The summed E-state index contributed by atoms with van der Waals surface area (Å²) in [5, 5.41) is 0. The van der Waals surface area contributed by atoms with Crippen molar-refractivity contribution in [1.29, 1.82) is 0 Å². The van der Waals surface area contributed by atoms with Gasteiger partial charge in [0.2, 0.25) is 0 Å². The van der Waals surface area contributed by atoms with Crippen molar-refractivity contribution in [1.82, 2.24) is 0 Å². The van der Waals surface area contributed by atoms with Gasteiger partial charge in [-0.2, -0.15) is 0 Å². The van der Waals surface area contributed by atoms with Crippen molar-refractivity contribution in [3.63, 3.8) is 0 Å². The minimum atomic E-state index is -0.0508.